The molecule has 1 aromatic heterocycles. The number of aliphatic hydroxyl groups excluding tert-OH is 1. The molecule has 3 heteroatoms. The quantitative estimate of drug-likeness (QED) is 0.915. The highest BCUT2D eigenvalue weighted by molar-refractivity contribution is 5.26. The van der Waals surface area contributed by atoms with Crippen LogP contribution in [0.2, 0.25) is 0 Å². The molecule has 0 radical (unpaired) electrons. The molecule has 0 saturated heterocycles. The van der Waals surface area contributed by atoms with Crippen LogP contribution in [-0.4, -0.2) is 21.0 Å². The lowest BCUT2D eigenvalue weighted by atomic mass is 9.99. The molecule has 0 amide bonds. The van der Waals surface area contributed by atoms with Gasteiger partial charge in [-0.05, 0) is 38.3 Å². The molecule has 2 aromatic rings. The second-order valence-electron chi connectivity index (χ2n) is 5.32. The van der Waals surface area contributed by atoms with Gasteiger partial charge in [-0.1, -0.05) is 29.8 Å². The molecular formula is C16H22N2O. The molecule has 3 nitrogen and oxygen atoms in total. The van der Waals surface area contributed by atoms with Gasteiger partial charge in [0.2, 0.25) is 0 Å². The molecule has 1 atom stereocenters. The molecule has 0 fully saturated rings. The summed E-state index contributed by atoms with van der Waals surface area (Å²) in [4.78, 5) is 0. The maximum atomic E-state index is 10.2. The van der Waals surface area contributed by atoms with Crippen molar-refractivity contribution >= 4 is 0 Å². The molecule has 102 valence electrons. The Morgan fingerprint density at radius 3 is 2.26 bits per heavy atom. The van der Waals surface area contributed by atoms with Crippen LogP contribution in [0.25, 0.3) is 0 Å². The summed E-state index contributed by atoms with van der Waals surface area (Å²) in [6.45, 7) is 6.12. The van der Waals surface area contributed by atoms with Crippen molar-refractivity contribution in [2.45, 2.75) is 39.7 Å². The minimum atomic E-state index is -0.357. The number of hydrogen-bond acceptors (Lipinski definition) is 2. The topological polar surface area (TPSA) is 38.1 Å². The van der Waals surface area contributed by atoms with Crippen molar-refractivity contribution in [2.24, 2.45) is 7.05 Å². The molecule has 1 heterocycles. The lowest BCUT2D eigenvalue weighted by molar-refractivity contribution is 0.175. The van der Waals surface area contributed by atoms with Crippen molar-refractivity contribution in [2.75, 3.05) is 0 Å². The summed E-state index contributed by atoms with van der Waals surface area (Å²) >= 11 is 0. The average molecular weight is 258 g/mol. The summed E-state index contributed by atoms with van der Waals surface area (Å²) in [5, 5.41) is 14.6. The molecule has 0 aliphatic heterocycles. The highest BCUT2D eigenvalue weighted by atomic mass is 16.3. The van der Waals surface area contributed by atoms with Crippen molar-refractivity contribution in [3.05, 3.63) is 52.3 Å². The summed E-state index contributed by atoms with van der Waals surface area (Å²) in [5.41, 5.74) is 5.75. The van der Waals surface area contributed by atoms with E-state index in [2.05, 4.69) is 36.3 Å². The second-order valence-corrected chi connectivity index (χ2v) is 5.32. The third-order valence-electron chi connectivity index (χ3n) is 3.69. The number of benzene rings is 1. The number of rotatable bonds is 4. The van der Waals surface area contributed by atoms with Gasteiger partial charge in [0.05, 0.1) is 11.8 Å². The molecule has 0 saturated carbocycles. The van der Waals surface area contributed by atoms with Gasteiger partial charge in [-0.15, -0.1) is 0 Å². The maximum Gasteiger partial charge on any atom is 0.0629 e. The van der Waals surface area contributed by atoms with Crippen LogP contribution < -0.4 is 0 Å². The smallest absolute Gasteiger partial charge is 0.0629 e. The zero-order valence-electron chi connectivity index (χ0n) is 12.1. The molecule has 0 aliphatic rings. The first-order chi connectivity index (χ1) is 8.97. The molecule has 1 aromatic carbocycles. The van der Waals surface area contributed by atoms with Gasteiger partial charge in [0.25, 0.3) is 0 Å². The van der Waals surface area contributed by atoms with Crippen LogP contribution in [0.3, 0.4) is 0 Å². The van der Waals surface area contributed by atoms with Crippen molar-refractivity contribution in [1.82, 2.24) is 9.78 Å². The van der Waals surface area contributed by atoms with E-state index >= 15 is 0 Å². The van der Waals surface area contributed by atoms with E-state index in [1.54, 1.807) is 0 Å². The maximum absolute atomic E-state index is 10.2. The van der Waals surface area contributed by atoms with Crippen LogP contribution >= 0.6 is 0 Å². The molecule has 0 bridgehead atoms. The lowest BCUT2D eigenvalue weighted by Crippen LogP contribution is -2.15. The number of aliphatic hydroxyl groups is 1. The first-order valence-electron chi connectivity index (χ1n) is 6.70. The van der Waals surface area contributed by atoms with E-state index in [9.17, 15) is 5.11 Å². The molecular weight excluding hydrogens is 236 g/mol. The summed E-state index contributed by atoms with van der Waals surface area (Å²) in [6.07, 6.45) is 0.997. The van der Waals surface area contributed by atoms with Crippen LogP contribution in [0.15, 0.2) is 24.3 Å². The van der Waals surface area contributed by atoms with Crippen LogP contribution in [0, 0.1) is 20.8 Å². The monoisotopic (exact) mass is 258 g/mol. The number of aryl methyl sites for hydroxylation is 3. The molecule has 0 aliphatic carbocycles. The Bertz CT molecular complexity index is 555. The summed E-state index contributed by atoms with van der Waals surface area (Å²) in [5.74, 6) is 0. The van der Waals surface area contributed by atoms with Crippen LogP contribution in [0.5, 0.6) is 0 Å². The zero-order chi connectivity index (χ0) is 14.0. The Balaban J connectivity index is 2.05. The standard InChI is InChI=1S/C16H22N2O/c1-11-5-7-14(8-6-11)9-15(19)10-16-12(2)17-18(4)13(16)3/h5-8,15,19H,9-10H2,1-4H3. The van der Waals surface area contributed by atoms with Gasteiger partial charge in [0.15, 0.2) is 0 Å². The Morgan fingerprint density at radius 1 is 1.11 bits per heavy atom. The Morgan fingerprint density at radius 2 is 1.74 bits per heavy atom. The highest BCUT2D eigenvalue weighted by Crippen LogP contribution is 2.16. The van der Waals surface area contributed by atoms with E-state index in [1.807, 2.05) is 25.6 Å². The summed E-state index contributed by atoms with van der Waals surface area (Å²) in [6, 6.07) is 8.34. The van der Waals surface area contributed by atoms with E-state index in [1.165, 1.54) is 16.7 Å². The van der Waals surface area contributed by atoms with Crippen LogP contribution in [0.1, 0.15) is 28.1 Å². The fourth-order valence-electron chi connectivity index (χ4n) is 2.42. The molecule has 19 heavy (non-hydrogen) atoms. The van der Waals surface area contributed by atoms with Crippen molar-refractivity contribution in [3.8, 4) is 0 Å². The van der Waals surface area contributed by atoms with E-state index < -0.39 is 0 Å². The van der Waals surface area contributed by atoms with E-state index in [0.717, 1.165) is 11.4 Å². The third-order valence-corrected chi connectivity index (χ3v) is 3.69. The van der Waals surface area contributed by atoms with Gasteiger partial charge in [-0.25, -0.2) is 0 Å². The minimum Gasteiger partial charge on any atom is -0.392 e. The number of hydrogen-bond donors (Lipinski definition) is 1. The van der Waals surface area contributed by atoms with Crippen LogP contribution in [-0.2, 0) is 19.9 Å². The lowest BCUT2D eigenvalue weighted by Gasteiger charge is -2.11. The first-order valence-corrected chi connectivity index (χ1v) is 6.70. The summed E-state index contributed by atoms with van der Waals surface area (Å²) in [7, 11) is 1.94. The number of aromatic nitrogens is 2. The molecule has 0 spiro atoms. The predicted molar refractivity (Wildman–Crippen MR) is 77.3 cm³/mol. The Kier molecular flexibility index (Phi) is 4.05. The van der Waals surface area contributed by atoms with Crippen LogP contribution in [0.4, 0.5) is 0 Å². The molecule has 1 unspecified atom stereocenters. The summed E-state index contributed by atoms with van der Waals surface area (Å²) < 4.78 is 1.88. The number of nitrogens with zero attached hydrogens (tertiary/aromatic N) is 2. The largest absolute Gasteiger partial charge is 0.392 e. The van der Waals surface area contributed by atoms with Crippen molar-refractivity contribution in [1.29, 1.82) is 0 Å². The second kappa shape index (κ2) is 5.57. The zero-order valence-corrected chi connectivity index (χ0v) is 12.1. The van der Waals surface area contributed by atoms with E-state index in [0.29, 0.717) is 12.8 Å². The van der Waals surface area contributed by atoms with Crippen molar-refractivity contribution in [3.63, 3.8) is 0 Å². The Hall–Kier alpha value is -1.61. The predicted octanol–water partition coefficient (Wildman–Crippen LogP) is 2.49. The van der Waals surface area contributed by atoms with Gasteiger partial charge in [0.1, 0.15) is 0 Å². The normalized spacial score (nSPS) is 12.7. The minimum absolute atomic E-state index is 0.357. The molecule has 2 rings (SSSR count). The van der Waals surface area contributed by atoms with Gasteiger partial charge >= 0.3 is 0 Å². The fraction of sp³-hybridized carbons (Fsp3) is 0.438. The van der Waals surface area contributed by atoms with E-state index in [-0.39, 0.29) is 6.10 Å². The van der Waals surface area contributed by atoms with Gasteiger partial charge in [-0.3, -0.25) is 4.68 Å². The van der Waals surface area contributed by atoms with Crippen molar-refractivity contribution < 1.29 is 5.11 Å². The molecule has 1 N–H and O–H groups in total. The average Bonchev–Trinajstić information content (AvgIpc) is 2.59. The van der Waals surface area contributed by atoms with Gasteiger partial charge in [-0.2, -0.15) is 5.10 Å². The van der Waals surface area contributed by atoms with E-state index in [4.69, 9.17) is 0 Å². The SMILES string of the molecule is Cc1ccc(CC(O)Cc2c(C)nn(C)c2C)cc1. The highest BCUT2D eigenvalue weighted by Gasteiger charge is 2.14. The first kappa shape index (κ1) is 13.8. The third kappa shape index (κ3) is 3.24. The van der Waals surface area contributed by atoms with Gasteiger partial charge in [0, 0.05) is 19.2 Å². The fourth-order valence-corrected chi connectivity index (χ4v) is 2.42. The Labute approximate surface area is 114 Å². The van der Waals surface area contributed by atoms with Gasteiger partial charge < -0.3 is 5.11 Å².